The van der Waals surface area contributed by atoms with Gasteiger partial charge in [0.25, 0.3) is 11.8 Å². The van der Waals surface area contributed by atoms with Crippen LogP contribution in [0.25, 0.3) is 22.4 Å². The first-order valence-electron chi connectivity index (χ1n) is 10.8. The van der Waals surface area contributed by atoms with E-state index in [-0.39, 0.29) is 17.4 Å². The van der Waals surface area contributed by atoms with Gasteiger partial charge in [0.1, 0.15) is 11.5 Å². The number of rotatable bonds is 5. The number of hydrogen-bond donors (Lipinski definition) is 3. The molecule has 0 saturated carbocycles. The summed E-state index contributed by atoms with van der Waals surface area (Å²) in [6, 6.07) is 12.4. The highest BCUT2D eigenvalue weighted by Gasteiger charge is 2.32. The van der Waals surface area contributed by atoms with Crippen molar-refractivity contribution in [3.63, 3.8) is 0 Å². The summed E-state index contributed by atoms with van der Waals surface area (Å²) in [5.41, 5.74) is 8.39. The number of carbonyl (C=O) groups excluding carboxylic acids is 2. The summed E-state index contributed by atoms with van der Waals surface area (Å²) < 4.78 is 38.9. The van der Waals surface area contributed by atoms with Crippen LogP contribution in [-0.4, -0.2) is 39.0 Å². The molecule has 0 unspecified atom stereocenters. The second kappa shape index (κ2) is 10.0. The van der Waals surface area contributed by atoms with Crippen molar-refractivity contribution in [1.29, 1.82) is 0 Å². The topological polar surface area (TPSA) is 136 Å². The van der Waals surface area contributed by atoms with Gasteiger partial charge < -0.3 is 16.4 Å². The van der Waals surface area contributed by atoms with Crippen LogP contribution in [0, 0.1) is 6.92 Å². The van der Waals surface area contributed by atoms with Crippen molar-refractivity contribution in [3.8, 4) is 22.4 Å². The van der Waals surface area contributed by atoms with E-state index < -0.39 is 23.3 Å². The Labute approximate surface area is 209 Å². The summed E-state index contributed by atoms with van der Waals surface area (Å²) in [6.45, 7) is 1.85. The fourth-order valence-corrected chi connectivity index (χ4v) is 3.54. The number of pyridine rings is 2. The van der Waals surface area contributed by atoms with E-state index in [4.69, 9.17) is 5.73 Å². The second-order valence-electron chi connectivity index (χ2n) is 7.99. The predicted octanol–water partition coefficient (Wildman–Crippen LogP) is 4.12. The molecule has 0 radical (unpaired) electrons. The Hall–Kier alpha value is -4.87. The third kappa shape index (κ3) is 5.69. The Balaban J connectivity index is 1.67. The van der Waals surface area contributed by atoms with Gasteiger partial charge in [0.2, 0.25) is 0 Å². The average molecular weight is 507 g/mol. The van der Waals surface area contributed by atoms with E-state index in [1.807, 2.05) is 6.92 Å². The van der Waals surface area contributed by atoms with E-state index in [1.165, 1.54) is 13.2 Å². The number of nitrogens with one attached hydrogen (secondary N) is 2. The highest BCUT2D eigenvalue weighted by atomic mass is 19.4. The van der Waals surface area contributed by atoms with Gasteiger partial charge >= 0.3 is 6.18 Å². The minimum atomic E-state index is -4.66. The van der Waals surface area contributed by atoms with Crippen LogP contribution in [0.4, 0.5) is 24.7 Å². The molecule has 4 rings (SSSR count). The van der Waals surface area contributed by atoms with Gasteiger partial charge in [-0.1, -0.05) is 6.07 Å². The number of nitrogen functional groups attached to an aromatic ring is 1. The summed E-state index contributed by atoms with van der Waals surface area (Å²) in [5, 5.41) is 11.9. The van der Waals surface area contributed by atoms with Gasteiger partial charge in [-0.3, -0.25) is 14.6 Å². The molecule has 37 heavy (non-hydrogen) atoms. The molecule has 0 aliphatic carbocycles. The van der Waals surface area contributed by atoms with Crippen molar-refractivity contribution >= 4 is 23.3 Å². The fraction of sp³-hybridized carbons (Fsp3) is 0.120. The molecule has 0 bridgehead atoms. The molecular formula is C25H20F3N7O2. The summed E-state index contributed by atoms with van der Waals surface area (Å²) in [7, 11) is 1.50. The number of hydrogen-bond acceptors (Lipinski definition) is 7. The monoisotopic (exact) mass is 507 g/mol. The highest BCUT2D eigenvalue weighted by molar-refractivity contribution is 6.03. The maximum Gasteiger partial charge on any atom is 0.418 e. The van der Waals surface area contributed by atoms with Crippen LogP contribution >= 0.6 is 0 Å². The second-order valence-corrected chi connectivity index (χ2v) is 7.99. The van der Waals surface area contributed by atoms with Crippen LogP contribution in [0.1, 0.15) is 32.1 Å². The largest absolute Gasteiger partial charge is 0.418 e. The number of aryl methyl sites for hydroxylation is 1. The number of alkyl halides is 3. The number of anilines is 2. The summed E-state index contributed by atoms with van der Waals surface area (Å²) in [6.07, 6.45) is -2.62. The number of nitrogens with two attached hydrogens (primary N) is 1. The van der Waals surface area contributed by atoms with Gasteiger partial charge in [-0.25, -0.2) is 4.98 Å². The normalized spacial score (nSPS) is 11.2. The summed E-state index contributed by atoms with van der Waals surface area (Å²) in [5.74, 6) is -0.976. The molecule has 0 spiro atoms. The molecule has 0 saturated heterocycles. The molecule has 3 aromatic heterocycles. The van der Waals surface area contributed by atoms with Crippen LogP contribution in [-0.2, 0) is 6.18 Å². The highest BCUT2D eigenvalue weighted by Crippen LogP contribution is 2.32. The standard InChI is InChI=1S/C25H20F3N7O2/c1-13-3-4-17(33-24(37)21-10-16(12-32-35-21)25(26,27)28)11-18(13)15-8-19(34-22(29)9-15)14-5-6-31-20(7-14)23(36)30-2/h3-12H,1-2H3,(H2,29,34)(H,30,36)(H,33,37). The number of amides is 2. The van der Waals surface area contributed by atoms with Crippen molar-refractivity contribution < 1.29 is 22.8 Å². The maximum atomic E-state index is 13.0. The third-order valence-corrected chi connectivity index (χ3v) is 5.38. The van der Waals surface area contributed by atoms with Crippen LogP contribution < -0.4 is 16.4 Å². The fourth-order valence-electron chi connectivity index (χ4n) is 3.54. The molecule has 3 heterocycles. The zero-order chi connectivity index (χ0) is 26.7. The van der Waals surface area contributed by atoms with Crippen LogP contribution in [0.3, 0.4) is 0 Å². The average Bonchev–Trinajstić information content (AvgIpc) is 2.88. The molecule has 0 aliphatic rings. The Bertz CT molecular complexity index is 1510. The van der Waals surface area contributed by atoms with Gasteiger partial charge in [0.05, 0.1) is 17.5 Å². The molecule has 0 atom stereocenters. The Morgan fingerprint density at radius 2 is 1.73 bits per heavy atom. The van der Waals surface area contributed by atoms with E-state index in [9.17, 15) is 22.8 Å². The predicted molar refractivity (Wildman–Crippen MR) is 130 cm³/mol. The first-order chi connectivity index (χ1) is 17.5. The van der Waals surface area contributed by atoms with Crippen molar-refractivity contribution in [3.05, 3.63) is 83.4 Å². The van der Waals surface area contributed by atoms with E-state index >= 15 is 0 Å². The zero-order valence-corrected chi connectivity index (χ0v) is 19.6. The molecule has 0 fully saturated rings. The van der Waals surface area contributed by atoms with Gasteiger partial charge in [0.15, 0.2) is 5.69 Å². The minimum absolute atomic E-state index is 0.212. The lowest BCUT2D eigenvalue weighted by Gasteiger charge is -2.13. The molecule has 1 aromatic carbocycles. The molecule has 4 N–H and O–H groups in total. The van der Waals surface area contributed by atoms with E-state index in [1.54, 1.807) is 42.5 Å². The lowest BCUT2D eigenvalue weighted by Crippen LogP contribution is -2.19. The molecule has 9 nitrogen and oxygen atoms in total. The van der Waals surface area contributed by atoms with Gasteiger partial charge in [-0.2, -0.15) is 18.3 Å². The first kappa shape index (κ1) is 25.2. The minimum Gasteiger partial charge on any atom is -0.384 e. The van der Waals surface area contributed by atoms with Crippen molar-refractivity contribution in [2.45, 2.75) is 13.1 Å². The quantitative estimate of drug-likeness (QED) is 0.370. The SMILES string of the molecule is CNC(=O)c1cc(-c2cc(-c3cc(NC(=O)c4cc(C(F)(F)F)cnn4)ccc3C)cc(N)n2)ccn1. The van der Waals surface area contributed by atoms with E-state index in [2.05, 4.69) is 30.8 Å². The number of aromatic nitrogens is 4. The third-order valence-electron chi connectivity index (χ3n) is 5.38. The number of carbonyl (C=O) groups is 2. The Kier molecular flexibility index (Phi) is 6.83. The molecule has 4 aromatic rings. The first-order valence-corrected chi connectivity index (χ1v) is 10.8. The van der Waals surface area contributed by atoms with Gasteiger partial charge in [0, 0.05) is 24.5 Å². The molecule has 12 heteroatoms. The smallest absolute Gasteiger partial charge is 0.384 e. The number of halogens is 3. The molecule has 2 amide bonds. The number of nitrogens with zero attached hydrogens (tertiary/aromatic N) is 4. The molecular weight excluding hydrogens is 487 g/mol. The maximum absolute atomic E-state index is 13.0. The molecule has 188 valence electrons. The lowest BCUT2D eigenvalue weighted by molar-refractivity contribution is -0.137. The van der Waals surface area contributed by atoms with Crippen LogP contribution in [0.15, 0.2) is 60.9 Å². The molecule has 0 aliphatic heterocycles. The van der Waals surface area contributed by atoms with E-state index in [0.717, 1.165) is 5.56 Å². The van der Waals surface area contributed by atoms with Gasteiger partial charge in [-0.05, 0) is 66.1 Å². The van der Waals surface area contributed by atoms with Gasteiger partial charge in [-0.15, -0.1) is 5.10 Å². The Morgan fingerprint density at radius 1 is 0.946 bits per heavy atom. The Morgan fingerprint density at radius 3 is 2.46 bits per heavy atom. The van der Waals surface area contributed by atoms with Crippen molar-refractivity contribution in [2.75, 3.05) is 18.1 Å². The van der Waals surface area contributed by atoms with Crippen LogP contribution in [0.5, 0.6) is 0 Å². The zero-order valence-electron chi connectivity index (χ0n) is 19.6. The van der Waals surface area contributed by atoms with E-state index in [0.29, 0.717) is 40.3 Å². The lowest BCUT2D eigenvalue weighted by atomic mass is 9.98. The van der Waals surface area contributed by atoms with Crippen molar-refractivity contribution in [1.82, 2.24) is 25.5 Å². The summed E-state index contributed by atoms with van der Waals surface area (Å²) >= 11 is 0. The van der Waals surface area contributed by atoms with Crippen molar-refractivity contribution in [2.24, 2.45) is 0 Å². The van der Waals surface area contributed by atoms with Crippen LogP contribution in [0.2, 0.25) is 0 Å². The number of benzene rings is 1. The summed E-state index contributed by atoms with van der Waals surface area (Å²) in [4.78, 5) is 33.0.